The molecule has 0 saturated carbocycles. The largest absolute Gasteiger partial charge is 0.482 e. The van der Waals surface area contributed by atoms with E-state index >= 15 is 0 Å². The van der Waals surface area contributed by atoms with Crippen LogP contribution in [0, 0.1) is 13.8 Å². The summed E-state index contributed by atoms with van der Waals surface area (Å²) < 4.78 is 23.5. The molecule has 4 N–H and O–H groups in total. The molecule has 0 aliphatic heterocycles. The lowest BCUT2D eigenvalue weighted by Gasteiger charge is -2.34. The zero-order chi connectivity index (χ0) is 31.7. The highest BCUT2D eigenvalue weighted by Gasteiger charge is 2.36. The first-order valence-corrected chi connectivity index (χ1v) is 14.5. The zero-order valence-electron chi connectivity index (χ0n) is 25.6. The normalized spacial score (nSPS) is 15.1. The number of carbonyl (C=O) groups excluding carboxylic acids is 2. The van der Waals surface area contributed by atoms with Crippen molar-refractivity contribution in [3.63, 3.8) is 0 Å². The van der Waals surface area contributed by atoms with Crippen molar-refractivity contribution < 1.29 is 28.5 Å². The number of benzene rings is 4. The van der Waals surface area contributed by atoms with Gasteiger partial charge in [-0.3, -0.25) is 11.5 Å². The standard InChI is InChI=1S/C36H40N2O6/c1-25-15-11-13-21-29(25)43-35(3,27-17-7-5-8-18-27)23-31(37)41-33(39)34(40)42-32(38)24-36(4,28-19-9-6-10-20-28)44-30-22-14-12-16-26(30)2/h5-22,31-32H,23-24,37-38H2,1-4H3. The Bertz CT molecular complexity index is 1430. The van der Waals surface area contributed by atoms with Crippen LogP contribution in [0.5, 0.6) is 11.5 Å². The smallest absolute Gasteiger partial charge is 0.419 e. The predicted molar refractivity (Wildman–Crippen MR) is 169 cm³/mol. The first-order valence-electron chi connectivity index (χ1n) is 14.5. The summed E-state index contributed by atoms with van der Waals surface area (Å²) in [5.74, 6) is -1.17. The Labute approximate surface area is 258 Å². The second-order valence-corrected chi connectivity index (χ2v) is 11.2. The van der Waals surface area contributed by atoms with Gasteiger partial charge in [0.15, 0.2) is 12.5 Å². The van der Waals surface area contributed by atoms with E-state index in [1.165, 1.54) is 0 Å². The summed E-state index contributed by atoms with van der Waals surface area (Å²) in [4.78, 5) is 25.6. The molecular formula is C36H40N2O6. The molecule has 8 nitrogen and oxygen atoms in total. The molecule has 0 aliphatic rings. The SMILES string of the molecule is Cc1ccccc1OC(C)(CC(N)OC(=O)C(=O)OC(N)CC(C)(Oc1ccccc1C)c1ccccc1)c1ccccc1. The number of hydrogen-bond acceptors (Lipinski definition) is 8. The van der Waals surface area contributed by atoms with Crippen LogP contribution in [-0.4, -0.2) is 24.4 Å². The van der Waals surface area contributed by atoms with Crippen LogP contribution >= 0.6 is 0 Å². The maximum absolute atomic E-state index is 12.8. The summed E-state index contributed by atoms with van der Waals surface area (Å²) in [6, 6.07) is 34.1. The van der Waals surface area contributed by atoms with E-state index in [1.807, 2.05) is 137 Å². The van der Waals surface area contributed by atoms with E-state index in [-0.39, 0.29) is 12.8 Å². The van der Waals surface area contributed by atoms with Crippen molar-refractivity contribution in [2.24, 2.45) is 11.5 Å². The van der Waals surface area contributed by atoms with E-state index in [0.717, 1.165) is 22.3 Å². The van der Waals surface area contributed by atoms with Gasteiger partial charge in [-0.2, -0.15) is 0 Å². The fraction of sp³-hybridized carbons (Fsp3) is 0.278. The van der Waals surface area contributed by atoms with Gasteiger partial charge in [-0.05, 0) is 62.1 Å². The molecule has 0 bridgehead atoms. The van der Waals surface area contributed by atoms with Crippen molar-refractivity contribution in [1.29, 1.82) is 0 Å². The first-order chi connectivity index (χ1) is 21.0. The van der Waals surface area contributed by atoms with Crippen LogP contribution in [0.25, 0.3) is 0 Å². The zero-order valence-corrected chi connectivity index (χ0v) is 25.6. The maximum atomic E-state index is 12.8. The highest BCUT2D eigenvalue weighted by atomic mass is 16.6. The fourth-order valence-corrected chi connectivity index (χ4v) is 5.07. The van der Waals surface area contributed by atoms with E-state index in [0.29, 0.717) is 11.5 Å². The van der Waals surface area contributed by atoms with Crippen molar-refractivity contribution in [3.8, 4) is 11.5 Å². The molecule has 4 atom stereocenters. The van der Waals surface area contributed by atoms with Gasteiger partial charge in [0.2, 0.25) is 0 Å². The molecule has 0 saturated heterocycles. The molecule has 4 rings (SSSR count). The lowest BCUT2D eigenvalue weighted by Crippen LogP contribution is -2.43. The Morgan fingerprint density at radius 2 is 0.886 bits per heavy atom. The van der Waals surface area contributed by atoms with Gasteiger partial charge < -0.3 is 18.9 Å². The molecule has 230 valence electrons. The van der Waals surface area contributed by atoms with Gasteiger partial charge in [0.1, 0.15) is 22.7 Å². The van der Waals surface area contributed by atoms with E-state index < -0.39 is 35.6 Å². The highest BCUT2D eigenvalue weighted by Crippen LogP contribution is 2.35. The minimum Gasteiger partial charge on any atom is -0.482 e. The van der Waals surface area contributed by atoms with Crippen LogP contribution < -0.4 is 20.9 Å². The van der Waals surface area contributed by atoms with Gasteiger partial charge in [-0.1, -0.05) is 97.1 Å². The van der Waals surface area contributed by atoms with Gasteiger partial charge in [0.25, 0.3) is 0 Å². The highest BCUT2D eigenvalue weighted by molar-refractivity contribution is 6.29. The van der Waals surface area contributed by atoms with Crippen LogP contribution in [0.15, 0.2) is 109 Å². The molecule has 44 heavy (non-hydrogen) atoms. The van der Waals surface area contributed by atoms with Gasteiger partial charge in [-0.25, -0.2) is 9.59 Å². The number of hydrogen-bond donors (Lipinski definition) is 2. The van der Waals surface area contributed by atoms with Gasteiger partial charge in [-0.15, -0.1) is 0 Å². The van der Waals surface area contributed by atoms with Crippen LogP contribution in [0.3, 0.4) is 0 Å². The molecule has 4 aromatic rings. The second-order valence-electron chi connectivity index (χ2n) is 11.2. The molecule has 4 unspecified atom stereocenters. The van der Waals surface area contributed by atoms with Crippen molar-refractivity contribution in [3.05, 3.63) is 131 Å². The Balaban J connectivity index is 1.43. The fourth-order valence-electron chi connectivity index (χ4n) is 5.07. The quantitative estimate of drug-likeness (QED) is 0.116. The van der Waals surface area contributed by atoms with Crippen LogP contribution in [0.1, 0.15) is 48.9 Å². The number of esters is 2. The number of para-hydroxylation sites is 2. The predicted octanol–water partition coefficient (Wildman–Crippen LogP) is 6.03. The van der Waals surface area contributed by atoms with Crippen molar-refractivity contribution in [2.75, 3.05) is 0 Å². The molecule has 0 amide bonds. The number of nitrogens with two attached hydrogens (primary N) is 2. The molecular weight excluding hydrogens is 556 g/mol. The van der Waals surface area contributed by atoms with E-state index in [1.54, 1.807) is 0 Å². The average molecular weight is 597 g/mol. The monoisotopic (exact) mass is 596 g/mol. The first kappa shape index (κ1) is 32.3. The van der Waals surface area contributed by atoms with Gasteiger partial charge in [0.05, 0.1) is 0 Å². The van der Waals surface area contributed by atoms with Crippen molar-refractivity contribution in [2.45, 2.75) is 64.2 Å². The number of carbonyl (C=O) groups is 2. The third kappa shape index (κ3) is 8.24. The van der Waals surface area contributed by atoms with Gasteiger partial charge in [0, 0.05) is 12.8 Å². The average Bonchev–Trinajstić information content (AvgIpc) is 3.00. The van der Waals surface area contributed by atoms with Crippen LogP contribution in [-0.2, 0) is 30.3 Å². The minimum absolute atomic E-state index is 0.0623. The Morgan fingerprint density at radius 1 is 0.568 bits per heavy atom. The summed E-state index contributed by atoms with van der Waals surface area (Å²) in [5, 5.41) is 0. The lowest BCUT2D eigenvalue weighted by atomic mass is 9.91. The molecule has 0 aliphatic carbocycles. The molecule has 0 aromatic heterocycles. The van der Waals surface area contributed by atoms with Crippen LogP contribution in [0.4, 0.5) is 0 Å². The third-order valence-corrected chi connectivity index (χ3v) is 7.49. The minimum atomic E-state index is -1.25. The number of aryl methyl sites for hydroxylation is 2. The molecule has 4 aromatic carbocycles. The molecule has 0 spiro atoms. The molecule has 8 heteroatoms. The summed E-state index contributed by atoms with van der Waals surface area (Å²) in [7, 11) is 0. The Morgan fingerprint density at radius 3 is 1.23 bits per heavy atom. The maximum Gasteiger partial charge on any atom is 0.419 e. The Kier molecular flexibility index (Phi) is 10.4. The number of ether oxygens (including phenoxy) is 4. The third-order valence-electron chi connectivity index (χ3n) is 7.49. The van der Waals surface area contributed by atoms with E-state index in [9.17, 15) is 9.59 Å². The second kappa shape index (κ2) is 14.2. The summed E-state index contributed by atoms with van der Waals surface area (Å²) in [5.41, 5.74) is 14.1. The summed E-state index contributed by atoms with van der Waals surface area (Å²) in [6.45, 7) is 7.59. The summed E-state index contributed by atoms with van der Waals surface area (Å²) >= 11 is 0. The molecule has 0 fully saturated rings. The van der Waals surface area contributed by atoms with Crippen molar-refractivity contribution in [1.82, 2.24) is 0 Å². The van der Waals surface area contributed by atoms with E-state index in [2.05, 4.69) is 0 Å². The van der Waals surface area contributed by atoms with Gasteiger partial charge >= 0.3 is 11.9 Å². The summed E-state index contributed by atoms with van der Waals surface area (Å²) in [6.07, 6.45) is -2.24. The Hall–Kier alpha value is -4.66. The van der Waals surface area contributed by atoms with Crippen molar-refractivity contribution >= 4 is 11.9 Å². The molecule has 0 heterocycles. The number of rotatable bonds is 12. The molecule has 0 radical (unpaired) electrons. The van der Waals surface area contributed by atoms with Crippen LogP contribution in [0.2, 0.25) is 0 Å². The van der Waals surface area contributed by atoms with E-state index in [4.69, 9.17) is 30.4 Å². The lowest BCUT2D eigenvalue weighted by molar-refractivity contribution is -0.176. The topological polar surface area (TPSA) is 123 Å².